The minimum absolute atomic E-state index is 0.455. The van der Waals surface area contributed by atoms with Gasteiger partial charge in [-0.1, -0.05) is 31.4 Å². The molecule has 1 nitrogen and oxygen atoms in total. The van der Waals surface area contributed by atoms with Crippen LogP contribution >= 0.6 is 0 Å². The molecule has 0 amide bonds. The van der Waals surface area contributed by atoms with Crippen LogP contribution in [-0.2, 0) is 0 Å². The molecule has 2 fully saturated rings. The molecule has 1 atom stereocenters. The van der Waals surface area contributed by atoms with Crippen LogP contribution < -0.4 is 5.73 Å². The smallest absolute Gasteiger partial charge is 0.00791 e. The maximum atomic E-state index is 5.90. The highest BCUT2D eigenvalue weighted by molar-refractivity contribution is 5.15. The molecule has 2 rings (SSSR count). The lowest BCUT2D eigenvalue weighted by atomic mass is 9.86. The zero-order valence-electron chi connectivity index (χ0n) is 8.68. The molecule has 2 N–H and O–H groups in total. The number of hydrogen-bond acceptors (Lipinski definition) is 1. The lowest BCUT2D eigenvalue weighted by Crippen LogP contribution is -2.14. The van der Waals surface area contributed by atoms with Crippen LogP contribution in [-0.4, -0.2) is 6.04 Å². The van der Waals surface area contributed by atoms with Gasteiger partial charge in [-0.15, -0.1) is 0 Å². The van der Waals surface area contributed by atoms with Crippen molar-refractivity contribution in [1.82, 2.24) is 0 Å². The number of allylic oxidation sites excluding steroid dienone is 1. The molecular weight excluding hydrogens is 158 g/mol. The van der Waals surface area contributed by atoms with Gasteiger partial charge >= 0.3 is 0 Å². The van der Waals surface area contributed by atoms with Crippen LogP contribution in [0.4, 0.5) is 0 Å². The maximum absolute atomic E-state index is 5.90. The highest BCUT2D eigenvalue weighted by atomic mass is 14.6. The SMILES string of the molecule is CC1(/C=C2/CCC(N)C2)CCCC1. The van der Waals surface area contributed by atoms with E-state index >= 15 is 0 Å². The first-order valence-electron chi connectivity index (χ1n) is 5.64. The van der Waals surface area contributed by atoms with Crippen molar-refractivity contribution < 1.29 is 0 Å². The monoisotopic (exact) mass is 179 g/mol. The lowest BCUT2D eigenvalue weighted by Gasteiger charge is -2.19. The van der Waals surface area contributed by atoms with Gasteiger partial charge in [-0.3, -0.25) is 0 Å². The van der Waals surface area contributed by atoms with Crippen molar-refractivity contribution in [3.05, 3.63) is 11.6 Å². The highest BCUT2D eigenvalue weighted by Crippen LogP contribution is 2.41. The molecule has 13 heavy (non-hydrogen) atoms. The molecule has 0 aromatic heterocycles. The minimum atomic E-state index is 0.455. The largest absolute Gasteiger partial charge is 0.327 e. The van der Waals surface area contributed by atoms with Gasteiger partial charge in [0, 0.05) is 6.04 Å². The van der Waals surface area contributed by atoms with Crippen molar-refractivity contribution in [2.45, 2.75) is 57.9 Å². The van der Waals surface area contributed by atoms with E-state index in [1.54, 1.807) is 5.57 Å². The Morgan fingerprint density at radius 1 is 1.38 bits per heavy atom. The van der Waals surface area contributed by atoms with E-state index in [9.17, 15) is 0 Å². The Hall–Kier alpha value is -0.300. The van der Waals surface area contributed by atoms with Crippen molar-refractivity contribution in [1.29, 1.82) is 0 Å². The second-order valence-corrected chi connectivity index (χ2v) is 5.17. The van der Waals surface area contributed by atoms with Crippen molar-refractivity contribution in [2.24, 2.45) is 11.1 Å². The van der Waals surface area contributed by atoms with Gasteiger partial charge in [0.1, 0.15) is 0 Å². The molecule has 2 saturated carbocycles. The summed E-state index contributed by atoms with van der Waals surface area (Å²) in [5, 5.41) is 0. The fourth-order valence-corrected chi connectivity index (χ4v) is 2.86. The quantitative estimate of drug-likeness (QED) is 0.615. The first-order chi connectivity index (χ1) is 6.18. The van der Waals surface area contributed by atoms with Gasteiger partial charge in [-0.05, 0) is 37.5 Å². The third kappa shape index (κ3) is 2.14. The Labute approximate surface area is 81.4 Å². The van der Waals surface area contributed by atoms with Crippen LogP contribution in [0.25, 0.3) is 0 Å². The van der Waals surface area contributed by atoms with Crippen molar-refractivity contribution in [3.8, 4) is 0 Å². The highest BCUT2D eigenvalue weighted by Gasteiger charge is 2.28. The molecule has 0 radical (unpaired) electrons. The summed E-state index contributed by atoms with van der Waals surface area (Å²) in [7, 11) is 0. The van der Waals surface area contributed by atoms with E-state index in [0.29, 0.717) is 11.5 Å². The summed E-state index contributed by atoms with van der Waals surface area (Å²) >= 11 is 0. The maximum Gasteiger partial charge on any atom is 0.00791 e. The fraction of sp³-hybridized carbons (Fsp3) is 0.833. The molecule has 0 bridgehead atoms. The molecule has 1 heteroatoms. The third-order valence-corrected chi connectivity index (χ3v) is 3.66. The summed E-state index contributed by atoms with van der Waals surface area (Å²) in [6.45, 7) is 2.41. The van der Waals surface area contributed by atoms with Crippen LogP contribution in [0.5, 0.6) is 0 Å². The Balaban J connectivity index is 2.02. The zero-order chi connectivity index (χ0) is 9.31. The fourth-order valence-electron chi connectivity index (χ4n) is 2.86. The second kappa shape index (κ2) is 3.45. The summed E-state index contributed by atoms with van der Waals surface area (Å²) in [5.74, 6) is 0. The summed E-state index contributed by atoms with van der Waals surface area (Å²) in [5.41, 5.74) is 8.06. The van der Waals surface area contributed by atoms with Crippen LogP contribution in [0.15, 0.2) is 11.6 Å². The Kier molecular flexibility index (Phi) is 2.46. The lowest BCUT2D eigenvalue weighted by molar-refractivity contribution is 0.442. The second-order valence-electron chi connectivity index (χ2n) is 5.17. The number of nitrogens with two attached hydrogens (primary N) is 1. The van der Waals surface area contributed by atoms with E-state index < -0.39 is 0 Å². The minimum Gasteiger partial charge on any atom is -0.327 e. The van der Waals surface area contributed by atoms with E-state index in [1.165, 1.54) is 38.5 Å². The standard InChI is InChI=1S/C12H21N/c1-12(6-2-3-7-12)9-10-4-5-11(13)8-10/h9,11H,2-8,13H2,1H3/b10-9-. The van der Waals surface area contributed by atoms with Gasteiger partial charge < -0.3 is 5.73 Å². The molecule has 2 aliphatic carbocycles. The predicted octanol–water partition coefficient (Wildman–Crippen LogP) is 3.00. The average Bonchev–Trinajstić information content (AvgIpc) is 2.62. The molecule has 0 aromatic rings. The van der Waals surface area contributed by atoms with E-state index in [1.807, 2.05) is 0 Å². The number of hydrogen-bond donors (Lipinski definition) is 1. The molecular formula is C12H21N. The third-order valence-electron chi connectivity index (χ3n) is 3.66. The topological polar surface area (TPSA) is 26.0 Å². The molecule has 2 aliphatic rings. The molecule has 0 aromatic carbocycles. The zero-order valence-corrected chi connectivity index (χ0v) is 8.68. The van der Waals surface area contributed by atoms with Crippen molar-refractivity contribution >= 4 is 0 Å². The first kappa shape index (κ1) is 9.26. The molecule has 0 saturated heterocycles. The Morgan fingerprint density at radius 3 is 2.62 bits per heavy atom. The Bertz CT molecular complexity index is 211. The molecule has 0 heterocycles. The predicted molar refractivity (Wildman–Crippen MR) is 56.5 cm³/mol. The molecule has 0 spiro atoms. The molecule has 0 aliphatic heterocycles. The van der Waals surface area contributed by atoms with Gasteiger partial charge in [0.15, 0.2) is 0 Å². The van der Waals surface area contributed by atoms with Crippen LogP contribution in [0.1, 0.15) is 51.9 Å². The Morgan fingerprint density at radius 2 is 2.08 bits per heavy atom. The summed E-state index contributed by atoms with van der Waals surface area (Å²) in [6, 6.07) is 0.455. The van der Waals surface area contributed by atoms with Crippen LogP contribution in [0, 0.1) is 5.41 Å². The van der Waals surface area contributed by atoms with Gasteiger partial charge in [0.2, 0.25) is 0 Å². The normalized spacial score (nSPS) is 35.8. The van der Waals surface area contributed by atoms with Gasteiger partial charge in [-0.2, -0.15) is 0 Å². The van der Waals surface area contributed by atoms with Crippen molar-refractivity contribution in [2.75, 3.05) is 0 Å². The van der Waals surface area contributed by atoms with Crippen LogP contribution in [0.2, 0.25) is 0 Å². The van der Waals surface area contributed by atoms with E-state index in [4.69, 9.17) is 5.73 Å². The summed E-state index contributed by atoms with van der Waals surface area (Å²) in [4.78, 5) is 0. The average molecular weight is 179 g/mol. The van der Waals surface area contributed by atoms with E-state index in [-0.39, 0.29) is 0 Å². The van der Waals surface area contributed by atoms with Crippen LogP contribution in [0.3, 0.4) is 0 Å². The van der Waals surface area contributed by atoms with E-state index in [0.717, 1.165) is 6.42 Å². The van der Waals surface area contributed by atoms with Gasteiger partial charge in [0.05, 0.1) is 0 Å². The van der Waals surface area contributed by atoms with Gasteiger partial charge in [0.25, 0.3) is 0 Å². The van der Waals surface area contributed by atoms with Gasteiger partial charge in [-0.25, -0.2) is 0 Å². The molecule has 1 unspecified atom stereocenters. The molecule has 74 valence electrons. The summed E-state index contributed by atoms with van der Waals surface area (Å²) in [6.07, 6.45) is 11.8. The van der Waals surface area contributed by atoms with E-state index in [2.05, 4.69) is 13.0 Å². The number of rotatable bonds is 1. The van der Waals surface area contributed by atoms with Crippen molar-refractivity contribution in [3.63, 3.8) is 0 Å². The summed E-state index contributed by atoms with van der Waals surface area (Å²) < 4.78 is 0. The first-order valence-corrected chi connectivity index (χ1v) is 5.64.